The molecule has 0 bridgehead atoms. The first-order chi connectivity index (χ1) is 12.0. The van der Waals surface area contributed by atoms with Crippen molar-refractivity contribution < 1.29 is 9.18 Å². The zero-order valence-corrected chi connectivity index (χ0v) is 15.2. The number of hydrogen-bond donors (Lipinski definition) is 1. The van der Waals surface area contributed by atoms with Crippen molar-refractivity contribution in [2.45, 2.75) is 19.0 Å². The molecule has 0 aliphatic rings. The van der Waals surface area contributed by atoms with Gasteiger partial charge in [-0.3, -0.25) is 4.79 Å². The molecule has 2 heterocycles. The van der Waals surface area contributed by atoms with Gasteiger partial charge in [-0.2, -0.15) is 0 Å². The molecule has 0 fully saturated rings. The summed E-state index contributed by atoms with van der Waals surface area (Å²) >= 11 is 2.61. The highest BCUT2D eigenvalue weighted by Gasteiger charge is 2.10. The second-order valence-electron chi connectivity index (χ2n) is 5.31. The summed E-state index contributed by atoms with van der Waals surface area (Å²) < 4.78 is 13.0. The smallest absolute Gasteiger partial charge is 0.236 e. The zero-order valence-electron chi connectivity index (χ0n) is 13.6. The Bertz CT molecular complexity index is 876. The van der Waals surface area contributed by atoms with E-state index in [9.17, 15) is 9.18 Å². The third kappa shape index (κ3) is 4.83. The van der Waals surface area contributed by atoms with Gasteiger partial charge in [0.15, 0.2) is 10.3 Å². The minimum atomic E-state index is -0.293. The molecule has 0 saturated carbocycles. The number of carbonyl (C=O) groups is 1. The largest absolute Gasteiger partial charge is 0.301 e. The quantitative estimate of drug-likeness (QED) is 0.538. The van der Waals surface area contributed by atoms with E-state index >= 15 is 0 Å². The highest BCUT2D eigenvalue weighted by atomic mass is 32.2. The summed E-state index contributed by atoms with van der Waals surface area (Å²) in [7, 11) is 0. The van der Waals surface area contributed by atoms with Gasteiger partial charge in [0.2, 0.25) is 5.91 Å². The molecule has 25 heavy (non-hydrogen) atoms. The van der Waals surface area contributed by atoms with Gasteiger partial charge in [0.05, 0.1) is 11.4 Å². The number of benzene rings is 1. The van der Waals surface area contributed by atoms with Gasteiger partial charge in [-0.05, 0) is 44.2 Å². The lowest BCUT2D eigenvalue weighted by atomic mass is 10.2. The van der Waals surface area contributed by atoms with Gasteiger partial charge in [0.25, 0.3) is 0 Å². The molecular formula is C17H15FN4OS2. The fraction of sp³-hybridized carbons (Fsp3) is 0.176. The summed E-state index contributed by atoms with van der Waals surface area (Å²) in [5.74, 6) is -0.264. The van der Waals surface area contributed by atoms with Crippen LogP contribution in [0.3, 0.4) is 0 Å². The maximum Gasteiger partial charge on any atom is 0.236 e. The summed E-state index contributed by atoms with van der Waals surface area (Å²) in [6.45, 7) is 3.79. The molecular weight excluding hydrogens is 359 g/mol. The summed E-state index contributed by atoms with van der Waals surface area (Å²) in [5.41, 5.74) is 3.25. The number of nitrogens with one attached hydrogen (secondary N) is 1. The number of anilines is 1. The molecule has 1 aromatic carbocycles. The van der Waals surface area contributed by atoms with Crippen molar-refractivity contribution in [1.29, 1.82) is 0 Å². The van der Waals surface area contributed by atoms with Gasteiger partial charge < -0.3 is 5.32 Å². The maximum atomic E-state index is 13.0. The molecule has 2 aromatic heterocycles. The normalized spacial score (nSPS) is 10.7. The van der Waals surface area contributed by atoms with Gasteiger partial charge >= 0.3 is 0 Å². The first kappa shape index (κ1) is 17.5. The number of amides is 1. The SMILES string of the molecule is Cc1cc(C)nc(SCC(=O)Nc2nc(-c3ccc(F)cc3)cs2)n1. The zero-order chi connectivity index (χ0) is 17.8. The number of hydrogen-bond acceptors (Lipinski definition) is 6. The highest BCUT2D eigenvalue weighted by molar-refractivity contribution is 7.99. The number of rotatable bonds is 5. The monoisotopic (exact) mass is 374 g/mol. The average molecular weight is 374 g/mol. The Morgan fingerprint density at radius 2 is 1.84 bits per heavy atom. The van der Waals surface area contributed by atoms with E-state index in [2.05, 4.69) is 20.3 Å². The van der Waals surface area contributed by atoms with Crippen molar-refractivity contribution >= 4 is 34.1 Å². The van der Waals surface area contributed by atoms with E-state index in [0.717, 1.165) is 17.0 Å². The first-order valence-electron chi connectivity index (χ1n) is 7.46. The fourth-order valence-corrected chi connectivity index (χ4v) is 3.61. The van der Waals surface area contributed by atoms with Gasteiger partial charge in [0, 0.05) is 22.3 Å². The van der Waals surface area contributed by atoms with Gasteiger partial charge in [-0.15, -0.1) is 11.3 Å². The summed E-state index contributed by atoms with van der Waals surface area (Å²) in [6, 6.07) is 7.96. The predicted molar refractivity (Wildman–Crippen MR) is 98.4 cm³/mol. The number of aryl methyl sites for hydroxylation is 2. The van der Waals surface area contributed by atoms with E-state index in [1.165, 1.54) is 35.2 Å². The molecule has 0 aliphatic carbocycles. The minimum absolute atomic E-state index is 0.173. The molecule has 0 saturated heterocycles. The molecule has 8 heteroatoms. The van der Waals surface area contributed by atoms with Crippen LogP contribution in [-0.4, -0.2) is 26.6 Å². The van der Waals surface area contributed by atoms with Crippen LogP contribution in [0.4, 0.5) is 9.52 Å². The molecule has 0 unspecified atom stereocenters. The van der Waals surface area contributed by atoms with Crippen LogP contribution in [-0.2, 0) is 4.79 Å². The summed E-state index contributed by atoms with van der Waals surface area (Å²) in [4.78, 5) is 25.0. The van der Waals surface area contributed by atoms with Crippen LogP contribution in [0.15, 0.2) is 40.9 Å². The van der Waals surface area contributed by atoms with Crippen LogP contribution in [0.2, 0.25) is 0 Å². The topological polar surface area (TPSA) is 67.8 Å². The van der Waals surface area contributed by atoms with E-state index in [4.69, 9.17) is 0 Å². The van der Waals surface area contributed by atoms with Crippen molar-refractivity contribution in [2.24, 2.45) is 0 Å². The second-order valence-corrected chi connectivity index (χ2v) is 7.12. The van der Waals surface area contributed by atoms with E-state index in [1.54, 1.807) is 12.1 Å². The maximum absolute atomic E-state index is 13.0. The van der Waals surface area contributed by atoms with Crippen LogP contribution in [0.5, 0.6) is 0 Å². The standard InChI is InChI=1S/C17H15FN4OS2/c1-10-7-11(2)20-16(19-10)25-9-15(23)22-17-21-14(8-24-17)12-3-5-13(18)6-4-12/h3-8H,9H2,1-2H3,(H,21,22,23). The Balaban J connectivity index is 1.59. The van der Waals surface area contributed by atoms with Crippen molar-refractivity contribution in [3.63, 3.8) is 0 Å². The molecule has 1 amide bonds. The number of thioether (sulfide) groups is 1. The van der Waals surface area contributed by atoms with Crippen LogP contribution >= 0.6 is 23.1 Å². The van der Waals surface area contributed by atoms with Crippen LogP contribution in [0, 0.1) is 19.7 Å². The van der Waals surface area contributed by atoms with Crippen molar-refractivity contribution in [2.75, 3.05) is 11.1 Å². The lowest BCUT2D eigenvalue weighted by Gasteiger charge is -2.03. The predicted octanol–water partition coefficient (Wildman–Crippen LogP) is 4.09. The Labute approximate surface area is 152 Å². The Hall–Kier alpha value is -2.32. The Morgan fingerprint density at radius 3 is 2.52 bits per heavy atom. The van der Waals surface area contributed by atoms with E-state index in [0.29, 0.717) is 16.0 Å². The van der Waals surface area contributed by atoms with E-state index < -0.39 is 0 Å². The number of thiazole rings is 1. The van der Waals surface area contributed by atoms with E-state index in [-0.39, 0.29) is 17.5 Å². The van der Waals surface area contributed by atoms with Gasteiger partial charge in [-0.1, -0.05) is 11.8 Å². The Kier molecular flexibility index (Phi) is 5.40. The molecule has 1 N–H and O–H groups in total. The molecule has 128 valence electrons. The van der Waals surface area contributed by atoms with Crippen LogP contribution in [0.25, 0.3) is 11.3 Å². The lowest BCUT2D eigenvalue weighted by molar-refractivity contribution is -0.113. The average Bonchev–Trinajstić information content (AvgIpc) is 3.01. The number of aromatic nitrogens is 3. The van der Waals surface area contributed by atoms with Crippen LogP contribution < -0.4 is 5.32 Å². The third-order valence-corrected chi connectivity index (χ3v) is 4.79. The molecule has 0 aliphatic heterocycles. The van der Waals surface area contributed by atoms with Crippen molar-refractivity contribution in [3.05, 3.63) is 52.9 Å². The molecule has 3 rings (SSSR count). The number of nitrogens with zero attached hydrogens (tertiary/aromatic N) is 3. The Morgan fingerprint density at radius 1 is 1.16 bits per heavy atom. The molecule has 0 radical (unpaired) electrons. The minimum Gasteiger partial charge on any atom is -0.301 e. The summed E-state index contributed by atoms with van der Waals surface area (Å²) in [6.07, 6.45) is 0. The van der Waals surface area contributed by atoms with Gasteiger partial charge in [0.1, 0.15) is 5.82 Å². The molecule has 0 atom stereocenters. The van der Waals surface area contributed by atoms with Crippen molar-refractivity contribution in [3.8, 4) is 11.3 Å². The number of carbonyl (C=O) groups excluding carboxylic acids is 1. The summed E-state index contributed by atoms with van der Waals surface area (Å²) in [5, 5.41) is 5.67. The molecule has 3 aromatic rings. The molecule has 5 nitrogen and oxygen atoms in total. The molecule has 0 spiro atoms. The van der Waals surface area contributed by atoms with Crippen molar-refractivity contribution in [1.82, 2.24) is 15.0 Å². The first-order valence-corrected chi connectivity index (χ1v) is 9.32. The van der Waals surface area contributed by atoms with Gasteiger partial charge in [-0.25, -0.2) is 19.3 Å². The van der Waals surface area contributed by atoms with Crippen LogP contribution in [0.1, 0.15) is 11.4 Å². The lowest BCUT2D eigenvalue weighted by Crippen LogP contribution is -2.14. The fourth-order valence-electron chi connectivity index (χ4n) is 2.13. The highest BCUT2D eigenvalue weighted by Crippen LogP contribution is 2.25. The van der Waals surface area contributed by atoms with E-state index in [1.807, 2.05) is 25.3 Å². The third-order valence-electron chi connectivity index (χ3n) is 3.18. The second kappa shape index (κ2) is 7.71. The number of halogens is 1.